The number of carbonyl (C=O) groups is 1. The van der Waals surface area contributed by atoms with Gasteiger partial charge in [-0.1, -0.05) is 30.1 Å². The Bertz CT molecular complexity index is 432. The third-order valence-electron chi connectivity index (χ3n) is 2.31. The highest BCUT2D eigenvalue weighted by atomic mass is 16.3. The van der Waals surface area contributed by atoms with Crippen LogP contribution >= 0.6 is 0 Å². The van der Waals surface area contributed by atoms with Gasteiger partial charge in [-0.3, -0.25) is 4.79 Å². The van der Waals surface area contributed by atoms with Crippen LogP contribution in [0.2, 0.25) is 0 Å². The summed E-state index contributed by atoms with van der Waals surface area (Å²) < 4.78 is 0. The second kappa shape index (κ2) is 12.2. The van der Waals surface area contributed by atoms with Crippen LogP contribution in [0, 0.1) is 24.2 Å². The van der Waals surface area contributed by atoms with E-state index in [0.717, 1.165) is 0 Å². The van der Waals surface area contributed by atoms with Crippen LogP contribution in [0.4, 0.5) is 0 Å². The van der Waals surface area contributed by atoms with E-state index in [1.165, 1.54) is 0 Å². The summed E-state index contributed by atoms with van der Waals surface area (Å²) in [5, 5.41) is 27.3. The number of aliphatic hydroxyl groups excluding tert-OH is 3. The molecule has 0 aromatic carbocycles. The molecular formula is C16H20O4. The molecule has 0 saturated heterocycles. The first-order valence-electron chi connectivity index (χ1n) is 6.36. The van der Waals surface area contributed by atoms with Crippen molar-refractivity contribution in [1.82, 2.24) is 0 Å². The van der Waals surface area contributed by atoms with Crippen molar-refractivity contribution >= 4 is 5.78 Å². The Morgan fingerprint density at radius 3 is 2.70 bits per heavy atom. The molecule has 0 fully saturated rings. The van der Waals surface area contributed by atoms with Crippen LogP contribution in [0.5, 0.6) is 0 Å². The second-order valence-corrected chi connectivity index (χ2v) is 4.11. The number of hydrogen-bond acceptors (Lipinski definition) is 4. The maximum Gasteiger partial charge on any atom is 0.158 e. The number of rotatable bonds is 8. The Balaban J connectivity index is 3.90. The number of aliphatic hydroxyl groups is 3. The molecule has 0 aliphatic heterocycles. The van der Waals surface area contributed by atoms with Crippen LogP contribution in [0.25, 0.3) is 0 Å². The van der Waals surface area contributed by atoms with Crippen molar-refractivity contribution in [2.24, 2.45) is 0 Å². The summed E-state index contributed by atoms with van der Waals surface area (Å²) in [4.78, 5) is 10.8. The van der Waals surface area contributed by atoms with E-state index in [0.29, 0.717) is 12.8 Å². The van der Waals surface area contributed by atoms with E-state index in [9.17, 15) is 15.0 Å². The fourth-order valence-corrected chi connectivity index (χ4v) is 1.27. The molecule has 0 amide bonds. The molecule has 0 unspecified atom stereocenters. The fraction of sp³-hybridized carbons (Fsp3) is 0.438. The standard InChI is InChI=1S/C16H20O4/c1-2-8-14(18)9-5-3-4-6-10-15(19)11-7-12-16(20)13-17/h1,3-5,9,14-15,17-19H,7-8,11-13H2/b4-3+,9-5+/t14-,15+/m1/s1. The summed E-state index contributed by atoms with van der Waals surface area (Å²) >= 11 is 0. The number of Topliss-reactive ketones (excluding diaryl/α,β-unsaturated/α-hetero) is 1. The molecule has 0 aliphatic rings. The molecule has 0 rings (SSSR count). The first-order chi connectivity index (χ1) is 9.60. The van der Waals surface area contributed by atoms with Crippen molar-refractivity contribution < 1.29 is 20.1 Å². The minimum Gasteiger partial charge on any atom is -0.389 e. The molecule has 0 aromatic heterocycles. The lowest BCUT2D eigenvalue weighted by Gasteiger charge is -2.01. The Hall–Kier alpha value is -1.85. The quantitative estimate of drug-likeness (QED) is 0.447. The lowest BCUT2D eigenvalue weighted by molar-refractivity contribution is -0.121. The molecule has 108 valence electrons. The van der Waals surface area contributed by atoms with Gasteiger partial charge in [0.15, 0.2) is 5.78 Å². The Labute approximate surface area is 119 Å². The normalized spacial score (nSPS) is 13.7. The number of ketones is 1. The number of terminal acetylenes is 1. The highest BCUT2D eigenvalue weighted by Crippen LogP contribution is 2.00. The Morgan fingerprint density at radius 1 is 1.30 bits per heavy atom. The minimum absolute atomic E-state index is 0.235. The smallest absolute Gasteiger partial charge is 0.158 e. The zero-order valence-electron chi connectivity index (χ0n) is 11.3. The topological polar surface area (TPSA) is 77.8 Å². The Kier molecular flexibility index (Phi) is 11.1. The van der Waals surface area contributed by atoms with Crippen LogP contribution < -0.4 is 0 Å². The Morgan fingerprint density at radius 2 is 2.05 bits per heavy atom. The molecule has 4 heteroatoms. The molecule has 0 bridgehead atoms. The maximum absolute atomic E-state index is 10.8. The molecular weight excluding hydrogens is 256 g/mol. The van der Waals surface area contributed by atoms with Gasteiger partial charge in [0.1, 0.15) is 12.7 Å². The van der Waals surface area contributed by atoms with Crippen molar-refractivity contribution in [3.63, 3.8) is 0 Å². The van der Waals surface area contributed by atoms with Crippen LogP contribution in [0.3, 0.4) is 0 Å². The van der Waals surface area contributed by atoms with Gasteiger partial charge in [-0.25, -0.2) is 0 Å². The number of hydrogen-bond donors (Lipinski definition) is 3. The summed E-state index contributed by atoms with van der Waals surface area (Å²) in [5.41, 5.74) is 0. The van der Waals surface area contributed by atoms with Crippen LogP contribution in [0.15, 0.2) is 24.3 Å². The second-order valence-electron chi connectivity index (χ2n) is 4.11. The molecule has 0 heterocycles. The lowest BCUT2D eigenvalue weighted by atomic mass is 10.1. The van der Waals surface area contributed by atoms with E-state index in [-0.39, 0.29) is 18.6 Å². The molecule has 4 nitrogen and oxygen atoms in total. The van der Waals surface area contributed by atoms with E-state index in [4.69, 9.17) is 11.5 Å². The highest BCUT2D eigenvalue weighted by molar-refractivity contribution is 5.79. The molecule has 20 heavy (non-hydrogen) atoms. The maximum atomic E-state index is 10.8. The van der Waals surface area contributed by atoms with Crippen molar-refractivity contribution in [2.75, 3.05) is 6.61 Å². The first kappa shape index (κ1) is 18.1. The molecule has 0 aromatic rings. The summed E-state index contributed by atoms with van der Waals surface area (Å²) in [5.74, 6) is 7.36. The third kappa shape index (κ3) is 11.3. The summed E-state index contributed by atoms with van der Waals surface area (Å²) in [6.45, 7) is -0.456. The predicted molar refractivity (Wildman–Crippen MR) is 77.5 cm³/mol. The largest absolute Gasteiger partial charge is 0.389 e. The molecule has 0 spiro atoms. The van der Waals surface area contributed by atoms with Gasteiger partial charge in [-0.2, -0.15) is 0 Å². The van der Waals surface area contributed by atoms with Gasteiger partial charge in [0.05, 0.1) is 6.10 Å². The average Bonchev–Trinajstić information content (AvgIpc) is 2.42. The highest BCUT2D eigenvalue weighted by Gasteiger charge is 2.02. The van der Waals surface area contributed by atoms with Crippen molar-refractivity contribution in [2.45, 2.75) is 37.9 Å². The van der Waals surface area contributed by atoms with Gasteiger partial charge in [-0.05, 0) is 18.9 Å². The van der Waals surface area contributed by atoms with Gasteiger partial charge in [0, 0.05) is 12.8 Å². The third-order valence-corrected chi connectivity index (χ3v) is 2.31. The van der Waals surface area contributed by atoms with Crippen LogP contribution in [-0.4, -0.2) is 39.9 Å². The van der Waals surface area contributed by atoms with E-state index >= 15 is 0 Å². The fourth-order valence-electron chi connectivity index (χ4n) is 1.27. The van der Waals surface area contributed by atoms with Gasteiger partial charge >= 0.3 is 0 Å². The van der Waals surface area contributed by atoms with E-state index in [1.807, 2.05) is 0 Å². The van der Waals surface area contributed by atoms with E-state index < -0.39 is 18.8 Å². The molecule has 0 radical (unpaired) electrons. The van der Waals surface area contributed by atoms with Gasteiger partial charge in [-0.15, -0.1) is 12.3 Å². The average molecular weight is 276 g/mol. The van der Waals surface area contributed by atoms with Gasteiger partial charge < -0.3 is 15.3 Å². The number of allylic oxidation sites excluding steroid dienone is 3. The zero-order valence-corrected chi connectivity index (χ0v) is 11.3. The summed E-state index contributed by atoms with van der Waals surface area (Å²) in [7, 11) is 0. The van der Waals surface area contributed by atoms with Crippen molar-refractivity contribution in [3.8, 4) is 24.2 Å². The minimum atomic E-state index is -0.790. The number of carbonyl (C=O) groups excluding carboxylic acids is 1. The van der Waals surface area contributed by atoms with Gasteiger partial charge in [0.2, 0.25) is 0 Å². The molecule has 0 saturated carbocycles. The van der Waals surface area contributed by atoms with Crippen molar-refractivity contribution in [3.05, 3.63) is 24.3 Å². The van der Waals surface area contributed by atoms with Crippen molar-refractivity contribution in [1.29, 1.82) is 0 Å². The van der Waals surface area contributed by atoms with Crippen LogP contribution in [0.1, 0.15) is 25.7 Å². The molecule has 3 N–H and O–H groups in total. The predicted octanol–water partition coefficient (Wildman–Crippen LogP) is 0.579. The first-order valence-corrected chi connectivity index (χ1v) is 6.36. The summed E-state index contributed by atoms with van der Waals surface area (Å²) in [6.07, 6.45) is 11.3. The SMILES string of the molecule is C#CC[C@@H](O)/C=C/C=C/C#C[C@H](O)CCCC(=O)CO. The lowest BCUT2D eigenvalue weighted by Crippen LogP contribution is -2.07. The van der Waals surface area contributed by atoms with E-state index in [1.54, 1.807) is 24.3 Å². The zero-order chi connectivity index (χ0) is 15.2. The van der Waals surface area contributed by atoms with E-state index in [2.05, 4.69) is 17.8 Å². The summed E-state index contributed by atoms with van der Waals surface area (Å²) in [6, 6.07) is 0. The van der Waals surface area contributed by atoms with Crippen LogP contribution in [-0.2, 0) is 4.79 Å². The molecule has 2 atom stereocenters. The van der Waals surface area contributed by atoms with Gasteiger partial charge in [0.25, 0.3) is 0 Å². The molecule has 0 aliphatic carbocycles. The monoisotopic (exact) mass is 276 g/mol.